The minimum atomic E-state index is 1.07. The molecular formula is C40H32N4. The topological polar surface area (TPSA) is 51.6 Å². The van der Waals surface area contributed by atoms with Gasteiger partial charge in [0.1, 0.15) is 0 Å². The molecule has 0 saturated carbocycles. The predicted octanol–water partition coefficient (Wildman–Crippen LogP) is 10.3. The maximum atomic E-state index is 4.36. The minimum Gasteiger partial charge on any atom is -0.264 e. The van der Waals surface area contributed by atoms with E-state index in [0.717, 1.165) is 66.8 Å². The van der Waals surface area contributed by atoms with Crippen molar-refractivity contribution in [2.24, 2.45) is 0 Å². The van der Waals surface area contributed by atoms with Gasteiger partial charge in [0.2, 0.25) is 0 Å². The highest BCUT2D eigenvalue weighted by molar-refractivity contribution is 5.85. The van der Waals surface area contributed by atoms with Crippen molar-refractivity contribution < 1.29 is 0 Å². The van der Waals surface area contributed by atoms with E-state index in [2.05, 4.69) is 105 Å². The maximum absolute atomic E-state index is 4.36. The van der Waals surface area contributed by atoms with Gasteiger partial charge in [-0.2, -0.15) is 0 Å². The number of aromatic nitrogens is 4. The molecule has 0 fully saturated rings. The molecule has 4 aromatic heterocycles. The Morgan fingerprint density at radius 1 is 0.273 bits per heavy atom. The Kier molecular flexibility index (Phi) is 8.70. The molecule has 0 aliphatic rings. The lowest BCUT2D eigenvalue weighted by molar-refractivity contribution is 1.32. The third kappa shape index (κ3) is 6.35. The van der Waals surface area contributed by atoms with E-state index in [1.54, 1.807) is 24.8 Å². The highest BCUT2D eigenvalue weighted by atomic mass is 14.6. The molecule has 3 aromatic carbocycles. The van der Waals surface area contributed by atoms with Gasteiger partial charge in [-0.1, -0.05) is 56.3 Å². The van der Waals surface area contributed by atoms with Crippen LogP contribution >= 0.6 is 0 Å². The molecule has 44 heavy (non-hydrogen) atoms. The van der Waals surface area contributed by atoms with Crippen molar-refractivity contribution in [3.8, 4) is 66.8 Å². The minimum absolute atomic E-state index is 1.07. The molecule has 0 aliphatic carbocycles. The first-order chi connectivity index (χ1) is 21.8. The van der Waals surface area contributed by atoms with Crippen molar-refractivity contribution in [1.29, 1.82) is 0 Å². The fourth-order valence-electron chi connectivity index (χ4n) is 5.27. The second-order valence-corrected chi connectivity index (χ2v) is 10.1. The lowest BCUT2D eigenvalue weighted by Gasteiger charge is -2.14. The van der Waals surface area contributed by atoms with Gasteiger partial charge in [0.05, 0.1) is 0 Å². The molecule has 0 radical (unpaired) electrons. The summed E-state index contributed by atoms with van der Waals surface area (Å²) in [6.07, 6.45) is 14.9. The fourth-order valence-corrected chi connectivity index (χ4v) is 5.27. The first-order valence-corrected chi connectivity index (χ1v) is 14.8. The van der Waals surface area contributed by atoms with Crippen LogP contribution in [-0.4, -0.2) is 19.9 Å². The summed E-state index contributed by atoms with van der Waals surface area (Å²) in [4.78, 5) is 17.5. The van der Waals surface area contributed by atoms with Crippen LogP contribution in [0.4, 0.5) is 0 Å². The van der Waals surface area contributed by atoms with Gasteiger partial charge in [0, 0.05) is 71.8 Å². The number of rotatable bonds is 6. The lowest BCUT2D eigenvalue weighted by Crippen LogP contribution is -1.89. The molecule has 0 unspecified atom stereocenters. The van der Waals surface area contributed by atoms with Crippen LogP contribution in [0, 0.1) is 0 Å². The first kappa shape index (κ1) is 28.4. The molecule has 0 bridgehead atoms. The summed E-state index contributed by atoms with van der Waals surface area (Å²) < 4.78 is 0. The molecule has 4 heteroatoms. The molecule has 0 aliphatic heterocycles. The van der Waals surface area contributed by atoms with Crippen LogP contribution in [-0.2, 0) is 0 Å². The quantitative estimate of drug-likeness (QED) is 0.200. The molecule has 0 atom stereocenters. The van der Waals surface area contributed by atoms with Crippen LogP contribution in [0.2, 0.25) is 0 Å². The summed E-state index contributed by atoms with van der Waals surface area (Å²) in [6, 6.07) is 38.4. The number of pyridine rings is 4. The van der Waals surface area contributed by atoms with Gasteiger partial charge in [-0.25, -0.2) is 0 Å². The molecule has 0 N–H and O–H groups in total. The van der Waals surface area contributed by atoms with Gasteiger partial charge in [0.15, 0.2) is 0 Å². The Bertz CT molecular complexity index is 1700. The van der Waals surface area contributed by atoms with Crippen LogP contribution in [0.25, 0.3) is 66.8 Å². The Morgan fingerprint density at radius 3 is 0.750 bits per heavy atom. The van der Waals surface area contributed by atoms with Crippen molar-refractivity contribution in [2.45, 2.75) is 13.8 Å². The third-order valence-corrected chi connectivity index (χ3v) is 7.37. The van der Waals surface area contributed by atoms with Crippen molar-refractivity contribution in [2.75, 3.05) is 0 Å². The number of nitrogens with zero attached hydrogens (tertiary/aromatic N) is 4. The van der Waals surface area contributed by atoms with Crippen LogP contribution < -0.4 is 0 Å². The highest BCUT2D eigenvalue weighted by Gasteiger charge is 2.11. The van der Waals surface area contributed by atoms with Crippen molar-refractivity contribution in [3.05, 3.63) is 159 Å². The Balaban J connectivity index is 0.00000168. The van der Waals surface area contributed by atoms with E-state index in [1.165, 1.54) is 0 Å². The molecule has 0 saturated heterocycles. The number of hydrogen-bond acceptors (Lipinski definition) is 4. The van der Waals surface area contributed by atoms with Crippen LogP contribution in [0.5, 0.6) is 0 Å². The Morgan fingerprint density at radius 2 is 0.500 bits per heavy atom. The summed E-state index contributed by atoms with van der Waals surface area (Å²) in [5.74, 6) is 0. The molecule has 4 nitrogen and oxygen atoms in total. The van der Waals surface area contributed by atoms with E-state index in [-0.39, 0.29) is 0 Å². The van der Waals surface area contributed by atoms with Gasteiger partial charge in [-0.15, -0.1) is 0 Å². The normalized spacial score (nSPS) is 10.5. The summed E-state index contributed by atoms with van der Waals surface area (Å²) in [7, 11) is 0. The van der Waals surface area contributed by atoms with E-state index in [4.69, 9.17) is 0 Å². The predicted molar refractivity (Wildman–Crippen MR) is 182 cm³/mol. The zero-order valence-electron chi connectivity index (χ0n) is 24.8. The molecule has 0 amide bonds. The van der Waals surface area contributed by atoms with E-state index >= 15 is 0 Å². The summed E-state index contributed by atoms with van der Waals surface area (Å²) in [5, 5.41) is 0. The molecule has 7 rings (SSSR count). The van der Waals surface area contributed by atoms with Crippen molar-refractivity contribution in [1.82, 2.24) is 19.9 Å². The van der Waals surface area contributed by atoms with Gasteiger partial charge < -0.3 is 0 Å². The van der Waals surface area contributed by atoms with Crippen molar-refractivity contribution in [3.63, 3.8) is 0 Å². The molecule has 212 valence electrons. The summed E-state index contributed by atoms with van der Waals surface area (Å²) in [6.45, 7) is 4.00. The zero-order valence-corrected chi connectivity index (χ0v) is 24.8. The smallest absolute Gasteiger partial charge is 0.0346 e. The largest absolute Gasteiger partial charge is 0.264 e. The van der Waals surface area contributed by atoms with Crippen LogP contribution in [0.1, 0.15) is 13.8 Å². The number of hydrogen-bond donors (Lipinski definition) is 0. The summed E-state index contributed by atoms with van der Waals surface area (Å²) >= 11 is 0. The SMILES string of the molecule is CC.c1cncc(-c2cc(-c3cccnc3)cc(-c3cccc(-c4cc(-c5cccnc5)cc(-c5cccnc5)c4)c3)c2)c1. The monoisotopic (exact) mass is 568 g/mol. The number of benzene rings is 3. The third-order valence-electron chi connectivity index (χ3n) is 7.37. The van der Waals surface area contributed by atoms with Crippen LogP contribution in [0.3, 0.4) is 0 Å². The van der Waals surface area contributed by atoms with Gasteiger partial charge >= 0.3 is 0 Å². The molecule has 7 aromatic rings. The summed E-state index contributed by atoms with van der Waals surface area (Å²) in [5.41, 5.74) is 13.3. The van der Waals surface area contributed by atoms with E-state index < -0.39 is 0 Å². The van der Waals surface area contributed by atoms with E-state index in [0.29, 0.717) is 0 Å². The average Bonchev–Trinajstić information content (AvgIpc) is 3.13. The maximum Gasteiger partial charge on any atom is 0.0346 e. The van der Waals surface area contributed by atoms with Crippen molar-refractivity contribution >= 4 is 0 Å². The molecule has 4 heterocycles. The molecular weight excluding hydrogens is 536 g/mol. The second-order valence-electron chi connectivity index (χ2n) is 10.1. The van der Waals surface area contributed by atoms with Crippen LogP contribution in [0.15, 0.2) is 159 Å². The Labute approximate surface area is 258 Å². The standard InChI is InChI=1S/C38H26N4.C2H6/c1-6-27(33-17-35(29-8-2-12-39-23-29)21-36(18-33)30-9-3-13-40-24-30)16-28(7-1)34-19-37(31-10-4-14-41-25-31)22-38(20-34)32-11-5-15-42-26-32;1-2/h1-26H;1-2H3. The van der Waals surface area contributed by atoms with Gasteiger partial charge in [0.25, 0.3) is 0 Å². The zero-order chi connectivity index (χ0) is 30.1. The fraction of sp³-hybridized carbons (Fsp3) is 0.0500. The Hall–Kier alpha value is -5.74. The molecule has 0 spiro atoms. The van der Waals surface area contributed by atoms with E-state index in [9.17, 15) is 0 Å². The van der Waals surface area contributed by atoms with Gasteiger partial charge in [-0.3, -0.25) is 19.9 Å². The lowest BCUT2D eigenvalue weighted by atomic mass is 9.91. The first-order valence-electron chi connectivity index (χ1n) is 14.8. The average molecular weight is 569 g/mol. The van der Waals surface area contributed by atoms with E-state index in [1.807, 2.05) is 62.9 Å². The highest BCUT2D eigenvalue weighted by Crippen LogP contribution is 2.36. The second kappa shape index (κ2) is 13.5. The van der Waals surface area contributed by atoms with Gasteiger partial charge in [-0.05, 0) is 111 Å².